The van der Waals surface area contributed by atoms with Gasteiger partial charge in [-0.1, -0.05) is 43.7 Å². The molecule has 3 aromatic rings. The van der Waals surface area contributed by atoms with Crippen molar-refractivity contribution in [3.63, 3.8) is 0 Å². The second kappa shape index (κ2) is 8.95. The lowest BCUT2D eigenvalue weighted by molar-refractivity contribution is 0.462. The van der Waals surface area contributed by atoms with Crippen molar-refractivity contribution < 1.29 is 0 Å². The van der Waals surface area contributed by atoms with E-state index in [1.54, 1.807) is 0 Å². The lowest BCUT2D eigenvalue weighted by atomic mass is 9.96. The molecule has 1 aliphatic rings. The predicted octanol–water partition coefficient (Wildman–Crippen LogP) is 3.84. The van der Waals surface area contributed by atoms with Gasteiger partial charge in [-0.05, 0) is 30.9 Å². The Balaban J connectivity index is 1.51. The lowest BCUT2D eigenvalue weighted by Gasteiger charge is -2.31. The normalized spacial score (nSPS) is 15.1. The van der Waals surface area contributed by atoms with Crippen LogP contribution in [0.25, 0.3) is 0 Å². The fourth-order valence-corrected chi connectivity index (χ4v) is 3.90. The molecule has 6 nitrogen and oxygen atoms in total. The van der Waals surface area contributed by atoms with Crippen molar-refractivity contribution in [3.05, 3.63) is 66.0 Å². The van der Waals surface area contributed by atoms with E-state index >= 15 is 0 Å². The molecule has 0 unspecified atom stereocenters. The number of piperidine rings is 1. The molecule has 1 aliphatic heterocycles. The van der Waals surface area contributed by atoms with Crippen molar-refractivity contribution in [1.29, 1.82) is 0 Å². The highest BCUT2D eigenvalue weighted by atomic mass is 15.3. The first-order chi connectivity index (χ1) is 13.8. The van der Waals surface area contributed by atoms with Crippen molar-refractivity contribution in [2.45, 2.75) is 51.5 Å². The molecule has 0 atom stereocenters. The van der Waals surface area contributed by atoms with Gasteiger partial charge in [0, 0.05) is 37.8 Å². The summed E-state index contributed by atoms with van der Waals surface area (Å²) >= 11 is 0. The predicted molar refractivity (Wildman–Crippen MR) is 110 cm³/mol. The quantitative estimate of drug-likeness (QED) is 0.627. The summed E-state index contributed by atoms with van der Waals surface area (Å²) in [6.45, 7) is 4.98. The third-order valence-electron chi connectivity index (χ3n) is 5.49. The molecular weight excluding hydrogens is 348 g/mol. The molecule has 4 rings (SSSR count). The Hall–Kier alpha value is -2.76. The van der Waals surface area contributed by atoms with Gasteiger partial charge in [0.05, 0.1) is 6.54 Å². The van der Waals surface area contributed by atoms with Crippen LogP contribution in [-0.4, -0.2) is 37.8 Å². The van der Waals surface area contributed by atoms with Gasteiger partial charge in [-0.2, -0.15) is 0 Å². The number of benzene rings is 1. The van der Waals surface area contributed by atoms with Crippen LogP contribution in [0.5, 0.6) is 0 Å². The second-order valence-corrected chi connectivity index (χ2v) is 7.46. The summed E-state index contributed by atoms with van der Waals surface area (Å²) in [6.07, 6.45) is 9.04. The second-order valence-electron chi connectivity index (χ2n) is 7.46. The van der Waals surface area contributed by atoms with E-state index in [0.717, 1.165) is 62.9 Å². The van der Waals surface area contributed by atoms with Crippen molar-refractivity contribution in [3.8, 4) is 0 Å². The van der Waals surface area contributed by atoms with Gasteiger partial charge in [-0.3, -0.25) is 0 Å². The van der Waals surface area contributed by atoms with Gasteiger partial charge >= 0.3 is 0 Å². The van der Waals surface area contributed by atoms with Crippen LogP contribution in [0.1, 0.15) is 55.7 Å². The third-order valence-corrected chi connectivity index (χ3v) is 5.49. The van der Waals surface area contributed by atoms with Crippen molar-refractivity contribution >= 4 is 5.95 Å². The van der Waals surface area contributed by atoms with Crippen LogP contribution in [0, 0.1) is 0 Å². The van der Waals surface area contributed by atoms with Crippen molar-refractivity contribution in [2.75, 3.05) is 18.0 Å². The van der Waals surface area contributed by atoms with E-state index in [-0.39, 0.29) is 0 Å². The molecule has 1 aromatic carbocycles. The number of aryl methyl sites for hydroxylation is 1. The Morgan fingerprint density at radius 3 is 2.43 bits per heavy atom. The highest BCUT2D eigenvalue weighted by Gasteiger charge is 2.27. The molecule has 0 radical (unpaired) electrons. The highest BCUT2D eigenvalue weighted by Crippen LogP contribution is 2.29. The monoisotopic (exact) mass is 376 g/mol. The number of aromatic nitrogens is 5. The Labute approximate surface area is 166 Å². The molecular formula is C22H28N6. The summed E-state index contributed by atoms with van der Waals surface area (Å²) in [5, 5.41) is 9.23. The van der Waals surface area contributed by atoms with E-state index in [9.17, 15) is 0 Å². The van der Waals surface area contributed by atoms with Crippen LogP contribution in [0.2, 0.25) is 0 Å². The number of hydrogen-bond donors (Lipinski definition) is 0. The van der Waals surface area contributed by atoms with E-state index in [2.05, 4.69) is 66.9 Å². The number of nitrogens with zero attached hydrogens (tertiary/aromatic N) is 6. The molecule has 0 aliphatic carbocycles. The van der Waals surface area contributed by atoms with E-state index in [0.29, 0.717) is 5.92 Å². The number of unbranched alkanes of at least 4 members (excludes halogenated alkanes) is 1. The van der Waals surface area contributed by atoms with Crippen LogP contribution >= 0.6 is 0 Å². The van der Waals surface area contributed by atoms with Crippen LogP contribution in [-0.2, 0) is 13.0 Å². The molecule has 6 heteroatoms. The first-order valence-electron chi connectivity index (χ1n) is 10.3. The van der Waals surface area contributed by atoms with Crippen LogP contribution < -0.4 is 4.90 Å². The summed E-state index contributed by atoms with van der Waals surface area (Å²) in [7, 11) is 0. The maximum Gasteiger partial charge on any atom is 0.225 e. The Morgan fingerprint density at radius 1 is 0.964 bits per heavy atom. The first kappa shape index (κ1) is 18.6. The SMILES string of the molecule is CCCCc1nnc(C2CCN(c3ncccn3)CC2)n1Cc1ccccc1. The first-order valence-corrected chi connectivity index (χ1v) is 10.3. The maximum absolute atomic E-state index is 4.65. The largest absolute Gasteiger partial charge is 0.341 e. The number of anilines is 1. The minimum Gasteiger partial charge on any atom is -0.341 e. The van der Waals surface area contributed by atoms with Gasteiger partial charge in [-0.15, -0.1) is 10.2 Å². The zero-order valence-corrected chi connectivity index (χ0v) is 16.5. The van der Waals surface area contributed by atoms with Gasteiger partial charge in [0.1, 0.15) is 11.6 Å². The standard InChI is InChI=1S/C22H28N6/c1-2-3-10-20-25-26-21(28(20)17-18-8-5-4-6-9-18)19-11-15-27(16-12-19)22-23-13-7-14-24-22/h4-9,13-14,19H,2-3,10-12,15-17H2,1H3. The Kier molecular flexibility index (Phi) is 5.95. The highest BCUT2D eigenvalue weighted by molar-refractivity contribution is 5.30. The molecule has 0 bridgehead atoms. The number of rotatable bonds is 7. The summed E-state index contributed by atoms with van der Waals surface area (Å²) in [5.41, 5.74) is 1.30. The van der Waals surface area contributed by atoms with E-state index in [1.807, 2.05) is 18.5 Å². The Bertz CT molecular complexity index is 853. The summed E-state index contributed by atoms with van der Waals surface area (Å²) < 4.78 is 2.37. The number of hydrogen-bond acceptors (Lipinski definition) is 5. The van der Waals surface area contributed by atoms with Crippen LogP contribution in [0.4, 0.5) is 5.95 Å². The summed E-state index contributed by atoms with van der Waals surface area (Å²) in [5.74, 6) is 3.53. The fourth-order valence-electron chi connectivity index (χ4n) is 3.90. The molecule has 0 amide bonds. The van der Waals surface area contributed by atoms with Gasteiger partial charge in [0.25, 0.3) is 0 Å². The average Bonchev–Trinajstić information content (AvgIpc) is 3.16. The minimum absolute atomic E-state index is 0.437. The lowest BCUT2D eigenvalue weighted by Crippen LogP contribution is -2.35. The van der Waals surface area contributed by atoms with Crippen molar-refractivity contribution in [2.24, 2.45) is 0 Å². The van der Waals surface area contributed by atoms with Gasteiger partial charge in [0.2, 0.25) is 5.95 Å². The van der Waals surface area contributed by atoms with E-state index in [1.165, 1.54) is 12.0 Å². The molecule has 0 saturated carbocycles. The minimum atomic E-state index is 0.437. The average molecular weight is 377 g/mol. The topological polar surface area (TPSA) is 59.7 Å². The van der Waals surface area contributed by atoms with E-state index in [4.69, 9.17) is 0 Å². The van der Waals surface area contributed by atoms with E-state index < -0.39 is 0 Å². The van der Waals surface area contributed by atoms with Gasteiger partial charge in [-0.25, -0.2) is 9.97 Å². The molecule has 1 fully saturated rings. The third kappa shape index (κ3) is 4.21. The molecule has 0 N–H and O–H groups in total. The fraction of sp³-hybridized carbons (Fsp3) is 0.455. The molecule has 3 heterocycles. The summed E-state index contributed by atoms with van der Waals surface area (Å²) in [6, 6.07) is 12.5. The smallest absolute Gasteiger partial charge is 0.225 e. The molecule has 1 saturated heterocycles. The zero-order valence-electron chi connectivity index (χ0n) is 16.5. The molecule has 146 valence electrons. The maximum atomic E-state index is 4.65. The zero-order chi connectivity index (χ0) is 19.2. The molecule has 2 aromatic heterocycles. The Morgan fingerprint density at radius 2 is 1.71 bits per heavy atom. The van der Waals surface area contributed by atoms with Crippen LogP contribution in [0.3, 0.4) is 0 Å². The van der Waals surface area contributed by atoms with Crippen molar-refractivity contribution in [1.82, 2.24) is 24.7 Å². The molecule has 28 heavy (non-hydrogen) atoms. The summed E-state index contributed by atoms with van der Waals surface area (Å²) in [4.78, 5) is 11.1. The van der Waals surface area contributed by atoms with Gasteiger partial charge in [0.15, 0.2) is 0 Å². The van der Waals surface area contributed by atoms with Gasteiger partial charge < -0.3 is 9.47 Å². The molecule has 0 spiro atoms. The van der Waals surface area contributed by atoms with Crippen LogP contribution in [0.15, 0.2) is 48.8 Å².